The zero-order valence-corrected chi connectivity index (χ0v) is 13.8. The number of aromatic nitrogens is 5. The van der Waals surface area contributed by atoms with Crippen molar-refractivity contribution in [3.05, 3.63) is 84.9 Å². The number of nitrogens with zero attached hydrogens (tertiary/aromatic N) is 5. The first-order valence-corrected chi connectivity index (χ1v) is 8.03. The van der Waals surface area contributed by atoms with Gasteiger partial charge in [0.2, 0.25) is 0 Å². The highest BCUT2D eigenvalue weighted by molar-refractivity contribution is 6.02. The maximum Gasteiger partial charge on any atom is 0.291 e. The number of hydrogen-bond donors (Lipinski definition) is 1. The Morgan fingerprint density at radius 3 is 2.65 bits per heavy atom. The van der Waals surface area contributed by atoms with Gasteiger partial charge in [-0.1, -0.05) is 12.1 Å². The minimum atomic E-state index is -0.286. The topological polar surface area (TPSA) is 90.8 Å². The van der Waals surface area contributed by atoms with E-state index in [1.165, 1.54) is 6.33 Å². The third kappa shape index (κ3) is 3.69. The number of carbonyl (C=O) groups is 1. The van der Waals surface area contributed by atoms with Crippen molar-refractivity contribution in [2.24, 2.45) is 0 Å². The molecule has 3 aromatic heterocycles. The van der Waals surface area contributed by atoms with Crippen LogP contribution in [0.2, 0.25) is 0 Å². The van der Waals surface area contributed by atoms with Crippen molar-refractivity contribution < 1.29 is 9.21 Å². The Kier molecular flexibility index (Phi) is 4.29. The Labute approximate surface area is 149 Å². The number of furan rings is 1. The summed E-state index contributed by atoms with van der Waals surface area (Å²) in [5, 5.41) is 6.90. The number of amides is 1. The van der Waals surface area contributed by atoms with Crippen LogP contribution in [-0.4, -0.2) is 30.2 Å². The third-order valence-electron chi connectivity index (χ3n) is 3.81. The molecule has 0 aliphatic heterocycles. The van der Waals surface area contributed by atoms with E-state index in [1.54, 1.807) is 35.7 Å². The molecule has 0 aliphatic rings. The van der Waals surface area contributed by atoms with Crippen molar-refractivity contribution in [1.29, 1.82) is 0 Å². The highest BCUT2D eigenvalue weighted by atomic mass is 16.4. The van der Waals surface area contributed by atoms with Gasteiger partial charge in [-0.2, -0.15) is 5.10 Å². The molecule has 4 rings (SSSR count). The predicted molar refractivity (Wildman–Crippen MR) is 93.6 cm³/mol. The van der Waals surface area contributed by atoms with Gasteiger partial charge < -0.3 is 14.3 Å². The Bertz CT molecular complexity index is 971. The summed E-state index contributed by atoms with van der Waals surface area (Å²) in [7, 11) is 0. The molecule has 0 bridgehead atoms. The molecule has 0 spiro atoms. The zero-order valence-electron chi connectivity index (χ0n) is 13.8. The summed E-state index contributed by atoms with van der Waals surface area (Å²) in [6.07, 6.45) is 8.39. The van der Waals surface area contributed by atoms with Gasteiger partial charge in [0.25, 0.3) is 5.91 Å². The fourth-order valence-electron chi connectivity index (χ4n) is 2.53. The van der Waals surface area contributed by atoms with E-state index in [0.29, 0.717) is 24.5 Å². The van der Waals surface area contributed by atoms with Crippen LogP contribution in [-0.2, 0) is 13.1 Å². The second-order valence-electron chi connectivity index (χ2n) is 5.75. The van der Waals surface area contributed by atoms with Gasteiger partial charge in [0, 0.05) is 18.1 Å². The molecule has 8 nitrogen and oxygen atoms in total. The lowest BCUT2D eigenvalue weighted by Crippen LogP contribution is -2.11. The third-order valence-corrected chi connectivity index (χ3v) is 3.81. The molecular formula is C18H16N6O2. The molecule has 0 unspecified atom stereocenters. The summed E-state index contributed by atoms with van der Waals surface area (Å²) >= 11 is 0. The number of rotatable bonds is 6. The second kappa shape index (κ2) is 7.06. The molecule has 1 aromatic carbocycles. The maximum atomic E-state index is 12.3. The smallest absolute Gasteiger partial charge is 0.291 e. The lowest BCUT2D eigenvalue weighted by Gasteiger charge is -2.05. The number of anilines is 1. The normalized spacial score (nSPS) is 10.8. The molecule has 1 N–H and O–H groups in total. The van der Waals surface area contributed by atoms with Crippen LogP contribution in [0.5, 0.6) is 0 Å². The number of nitrogens with one attached hydrogen (secondary N) is 1. The molecule has 4 aromatic rings. The average Bonchev–Trinajstić information content (AvgIpc) is 3.40. The molecule has 0 radical (unpaired) electrons. The fourth-order valence-corrected chi connectivity index (χ4v) is 2.53. The van der Waals surface area contributed by atoms with Gasteiger partial charge in [0.05, 0.1) is 19.4 Å². The van der Waals surface area contributed by atoms with Gasteiger partial charge in [-0.3, -0.25) is 4.79 Å². The van der Waals surface area contributed by atoms with Crippen LogP contribution in [0.15, 0.2) is 72.2 Å². The highest BCUT2D eigenvalue weighted by Crippen LogP contribution is 2.14. The van der Waals surface area contributed by atoms with Crippen molar-refractivity contribution in [3.63, 3.8) is 0 Å². The lowest BCUT2D eigenvalue weighted by atomic mass is 10.2. The Morgan fingerprint density at radius 1 is 1.04 bits per heavy atom. The summed E-state index contributed by atoms with van der Waals surface area (Å²) in [6.45, 7) is 1.16. The monoisotopic (exact) mass is 348 g/mol. The summed E-state index contributed by atoms with van der Waals surface area (Å²) in [6, 6.07) is 11.0. The number of imidazole rings is 1. The van der Waals surface area contributed by atoms with Crippen LogP contribution in [0, 0.1) is 0 Å². The molecule has 8 heteroatoms. The van der Waals surface area contributed by atoms with E-state index in [-0.39, 0.29) is 11.7 Å². The number of hydrogen-bond acceptors (Lipinski definition) is 5. The van der Waals surface area contributed by atoms with E-state index in [4.69, 9.17) is 4.42 Å². The molecular weight excluding hydrogens is 332 g/mol. The molecule has 26 heavy (non-hydrogen) atoms. The predicted octanol–water partition coefficient (Wildman–Crippen LogP) is 2.42. The van der Waals surface area contributed by atoms with Gasteiger partial charge in [0.1, 0.15) is 18.4 Å². The van der Waals surface area contributed by atoms with Crippen molar-refractivity contribution in [1.82, 2.24) is 24.3 Å². The maximum absolute atomic E-state index is 12.3. The molecule has 0 saturated carbocycles. The van der Waals surface area contributed by atoms with Crippen LogP contribution in [0.3, 0.4) is 0 Å². The van der Waals surface area contributed by atoms with Crippen molar-refractivity contribution in [3.8, 4) is 0 Å². The van der Waals surface area contributed by atoms with Crippen LogP contribution in [0.4, 0.5) is 5.69 Å². The van der Waals surface area contributed by atoms with E-state index in [2.05, 4.69) is 20.4 Å². The Hall–Kier alpha value is -3.68. The molecule has 0 aliphatic carbocycles. The molecule has 1 amide bonds. The molecule has 130 valence electrons. The van der Waals surface area contributed by atoms with E-state index in [9.17, 15) is 4.79 Å². The van der Waals surface area contributed by atoms with Gasteiger partial charge in [-0.25, -0.2) is 14.6 Å². The Morgan fingerprint density at radius 2 is 1.92 bits per heavy atom. The van der Waals surface area contributed by atoms with Crippen molar-refractivity contribution in [2.45, 2.75) is 13.1 Å². The van der Waals surface area contributed by atoms with Crippen LogP contribution < -0.4 is 5.32 Å². The molecule has 3 heterocycles. The number of benzene rings is 1. The summed E-state index contributed by atoms with van der Waals surface area (Å²) < 4.78 is 9.21. The van der Waals surface area contributed by atoms with Gasteiger partial charge in [-0.05, 0) is 29.8 Å². The molecule has 0 fully saturated rings. The van der Waals surface area contributed by atoms with Gasteiger partial charge in [-0.15, -0.1) is 0 Å². The quantitative estimate of drug-likeness (QED) is 0.578. The first-order valence-electron chi connectivity index (χ1n) is 8.03. The van der Waals surface area contributed by atoms with E-state index >= 15 is 0 Å². The van der Waals surface area contributed by atoms with Crippen molar-refractivity contribution >= 4 is 11.6 Å². The first kappa shape index (κ1) is 15.8. The fraction of sp³-hybridized carbons (Fsp3) is 0.111. The van der Waals surface area contributed by atoms with E-state index < -0.39 is 0 Å². The average molecular weight is 348 g/mol. The lowest BCUT2D eigenvalue weighted by molar-refractivity contribution is 0.0995. The summed E-state index contributed by atoms with van der Waals surface area (Å²) in [4.78, 5) is 20.2. The van der Waals surface area contributed by atoms with E-state index in [0.717, 1.165) is 5.56 Å². The summed E-state index contributed by atoms with van der Waals surface area (Å²) in [5.41, 5.74) is 1.76. The minimum Gasteiger partial charge on any atom is -0.454 e. The van der Waals surface area contributed by atoms with Crippen molar-refractivity contribution in [2.75, 3.05) is 5.32 Å². The van der Waals surface area contributed by atoms with Gasteiger partial charge >= 0.3 is 0 Å². The minimum absolute atomic E-state index is 0.270. The standard InChI is InChI=1S/C18H16N6O2/c25-18(17-6-5-16(26-17)10-23-8-7-19-12-23)22-15-3-1-14(2-4-15)9-24-13-20-11-21-24/h1-8,11-13H,9-10H2,(H,22,25). The molecule has 0 atom stereocenters. The SMILES string of the molecule is O=C(Nc1ccc(Cn2cncn2)cc1)c1ccc(Cn2ccnc2)o1. The van der Waals surface area contributed by atoms with Crippen LogP contribution in [0.25, 0.3) is 0 Å². The van der Waals surface area contributed by atoms with Crippen LogP contribution >= 0.6 is 0 Å². The zero-order chi connectivity index (χ0) is 17.8. The van der Waals surface area contributed by atoms with E-state index in [1.807, 2.05) is 35.0 Å². The highest BCUT2D eigenvalue weighted by Gasteiger charge is 2.12. The van der Waals surface area contributed by atoms with Crippen LogP contribution in [0.1, 0.15) is 21.9 Å². The second-order valence-corrected chi connectivity index (χ2v) is 5.75. The number of carbonyl (C=O) groups excluding carboxylic acids is 1. The largest absolute Gasteiger partial charge is 0.454 e. The van der Waals surface area contributed by atoms with Gasteiger partial charge in [0.15, 0.2) is 5.76 Å². The Balaban J connectivity index is 1.37. The summed E-state index contributed by atoms with van der Waals surface area (Å²) in [5.74, 6) is 0.675. The first-order chi connectivity index (χ1) is 12.8. The molecule has 0 saturated heterocycles.